The molecule has 9 nitrogen and oxygen atoms in total. The number of hydrogen-bond donors (Lipinski definition) is 4. The molecule has 2 amide bonds. The first-order valence-electron chi connectivity index (χ1n) is 9.88. The highest BCUT2D eigenvalue weighted by atomic mass is 16.3. The highest BCUT2D eigenvalue weighted by Gasteiger charge is 2.34. The van der Waals surface area contributed by atoms with Gasteiger partial charge in [-0.2, -0.15) is 10.4 Å². The largest absolute Gasteiger partial charge is 0.394 e. The minimum atomic E-state index is -0.909. The maximum absolute atomic E-state index is 13.1. The van der Waals surface area contributed by atoms with E-state index in [1.54, 1.807) is 16.8 Å². The average Bonchev–Trinajstić information content (AvgIpc) is 3.08. The third-order valence-corrected chi connectivity index (χ3v) is 4.72. The number of carbonyl (C=O) groups excluding carboxylic acids is 2. The van der Waals surface area contributed by atoms with Gasteiger partial charge < -0.3 is 20.8 Å². The van der Waals surface area contributed by atoms with Crippen molar-refractivity contribution < 1.29 is 19.8 Å². The average molecular weight is 415 g/mol. The fourth-order valence-electron chi connectivity index (χ4n) is 3.08. The molecular formula is C21H29N5O4. The Hall–Kier alpha value is -2.96. The Labute approximate surface area is 175 Å². The maximum atomic E-state index is 13.1. The van der Waals surface area contributed by atoms with Crippen LogP contribution in [-0.4, -0.2) is 57.1 Å². The van der Waals surface area contributed by atoms with Gasteiger partial charge in [0.2, 0.25) is 5.91 Å². The van der Waals surface area contributed by atoms with Crippen LogP contribution in [0, 0.1) is 16.7 Å². The third kappa shape index (κ3) is 5.55. The second-order valence-corrected chi connectivity index (χ2v) is 8.19. The zero-order chi connectivity index (χ0) is 22.3. The van der Waals surface area contributed by atoms with Crippen molar-refractivity contribution in [2.45, 2.75) is 52.2 Å². The molecular weight excluding hydrogens is 386 g/mol. The molecule has 0 aliphatic heterocycles. The fourth-order valence-corrected chi connectivity index (χ4v) is 3.08. The van der Waals surface area contributed by atoms with Gasteiger partial charge in [-0.3, -0.25) is 14.3 Å². The van der Waals surface area contributed by atoms with Crippen LogP contribution in [0.1, 0.15) is 44.1 Å². The molecule has 0 saturated carbocycles. The van der Waals surface area contributed by atoms with Gasteiger partial charge in [-0.05, 0) is 17.9 Å². The van der Waals surface area contributed by atoms with Crippen LogP contribution in [0.2, 0.25) is 0 Å². The number of aromatic nitrogens is 2. The minimum absolute atomic E-state index is 0.200. The van der Waals surface area contributed by atoms with Crippen molar-refractivity contribution in [2.24, 2.45) is 5.41 Å². The van der Waals surface area contributed by atoms with E-state index in [0.29, 0.717) is 24.8 Å². The van der Waals surface area contributed by atoms with Crippen LogP contribution in [0.15, 0.2) is 24.3 Å². The molecule has 4 N–H and O–H groups in total. The van der Waals surface area contributed by atoms with Crippen LogP contribution in [0.3, 0.4) is 0 Å². The van der Waals surface area contributed by atoms with Crippen molar-refractivity contribution in [3.05, 3.63) is 30.0 Å². The molecule has 0 fully saturated rings. The van der Waals surface area contributed by atoms with E-state index in [2.05, 4.69) is 21.8 Å². The lowest BCUT2D eigenvalue weighted by Crippen LogP contribution is -2.56. The second-order valence-electron chi connectivity index (χ2n) is 8.19. The summed E-state index contributed by atoms with van der Waals surface area (Å²) < 4.78 is 1.70. The van der Waals surface area contributed by atoms with Crippen molar-refractivity contribution in [3.8, 4) is 6.07 Å². The number of unbranched alkanes of at least 4 members (excludes halogenated alkanes) is 1. The van der Waals surface area contributed by atoms with E-state index in [-0.39, 0.29) is 5.69 Å². The summed E-state index contributed by atoms with van der Waals surface area (Å²) in [5.74, 6) is -0.994. The lowest BCUT2D eigenvalue weighted by atomic mass is 9.85. The van der Waals surface area contributed by atoms with Gasteiger partial charge in [0, 0.05) is 18.4 Å². The van der Waals surface area contributed by atoms with Gasteiger partial charge in [-0.25, -0.2) is 0 Å². The summed E-state index contributed by atoms with van der Waals surface area (Å²) in [5, 5.41) is 37.6. The number of nitriles is 1. The molecule has 0 radical (unpaired) electrons. The number of aliphatic hydroxyl groups excluding tert-OH is 2. The number of benzene rings is 1. The predicted octanol–water partition coefficient (Wildman–Crippen LogP) is 0.954. The van der Waals surface area contributed by atoms with Crippen LogP contribution in [0.4, 0.5) is 0 Å². The number of fused-ring (bicyclic) bond motifs is 1. The summed E-state index contributed by atoms with van der Waals surface area (Å²) in [4.78, 5) is 25.8. The predicted molar refractivity (Wildman–Crippen MR) is 111 cm³/mol. The van der Waals surface area contributed by atoms with Crippen LogP contribution < -0.4 is 10.6 Å². The van der Waals surface area contributed by atoms with Gasteiger partial charge in [0.1, 0.15) is 6.04 Å². The number of aliphatic hydroxyl groups is 2. The number of hydrogen-bond acceptors (Lipinski definition) is 6. The normalized spacial score (nSPS) is 12.6. The molecule has 0 aliphatic carbocycles. The van der Waals surface area contributed by atoms with Crippen LogP contribution in [0.5, 0.6) is 0 Å². The maximum Gasteiger partial charge on any atom is 0.273 e. The summed E-state index contributed by atoms with van der Waals surface area (Å²) in [7, 11) is 0. The zero-order valence-electron chi connectivity index (χ0n) is 17.6. The number of nitrogens with zero attached hydrogens (tertiary/aromatic N) is 3. The lowest BCUT2D eigenvalue weighted by Gasteiger charge is -2.31. The van der Waals surface area contributed by atoms with Crippen molar-refractivity contribution >= 4 is 22.7 Å². The van der Waals surface area contributed by atoms with Crippen molar-refractivity contribution in [3.63, 3.8) is 0 Å². The van der Waals surface area contributed by atoms with Crippen molar-refractivity contribution in [1.29, 1.82) is 5.26 Å². The van der Waals surface area contributed by atoms with E-state index in [9.17, 15) is 19.8 Å². The molecule has 2 aromatic rings. The number of para-hydroxylation sites is 1. The summed E-state index contributed by atoms with van der Waals surface area (Å²) in [6, 6.07) is 7.68. The molecule has 9 heteroatoms. The van der Waals surface area contributed by atoms with E-state index in [4.69, 9.17) is 5.26 Å². The Morgan fingerprint density at radius 1 is 1.20 bits per heavy atom. The Morgan fingerprint density at radius 3 is 2.47 bits per heavy atom. The smallest absolute Gasteiger partial charge is 0.273 e. The van der Waals surface area contributed by atoms with Gasteiger partial charge >= 0.3 is 0 Å². The first-order valence-corrected chi connectivity index (χ1v) is 9.88. The highest BCUT2D eigenvalue weighted by molar-refractivity contribution is 6.06. The number of aryl methyl sites for hydroxylation is 1. The third-order valence-electron chi connectivity index (χ3n) is 4.72. The first kappa shape index (κ1) is 23.3. The molecule has 2 rings (SSSR count). The highest BCUT2D eigenvalue weighted by Crippen LogP contribution is 2.23. The molecule has 1 aromatic heterocycles. The fraction of sp³-hybridized carbons (Fsp3) is 0.524. The Balaban J connectivity index is 2.30. The standard InChI is InChI=1S/C21H29N5O4/c1-21(2,3)18(20(30)23-14(12-27)13-28)24-19(29)17-15-8-4-5-9-16(15)26(25-17)11-7-6-10-22/h4-5,8-9,14,18,27-28H,6-7,11-13H2,1-3H3,(H,23,30)(H,24,29)/t18-/m1/s1. The molecule has 0 aliphatic rings. The first-order chi connectivity index (χ1) is 14.2. The molecule has 0 unspecified atom stereocenters. The zero-order valence-corrected chi connectivity index (χ0v) is 17.6. The van der Waals surface area contributed by atoms with E-state index in [1.807, 2.05) is 32.9 Å². The van der Waals surface area contributed by atoms with E-state index < -0.39 is 42.5 Å². The topological polar surface area (TPSA) is 140 Å². The second kappa shape index (κ2) is 10.2. The van der Waals surface area contributed by atoms with Gasteiger partial charge in [0.25, 0.3) is 5.91 Å². The summed E-state index contributed by atoms with van der Waals surface area (Å²) in [5.41, 5.74) is 0.351. The number of nitrogens with one attached hydrogen (secondary N) is 2. The van der Waals surface area contributed by atoms with Gasteiger partial charge in [-0.1, -0.05) is 39.0 Å². The summed E-state index contributed by atoms with van der Waals surface area (Å²) in [6.45, 7) is 5.10. The van der Waals surface area contributed by atoms with Crippen molar-refractivity contribution in [1.82, 2.24) is 20.4 Å². The molecule has 30 heavy (non-hydrogen) atoms. The SMILES string of the molecule is CC(C)(C)[C@H](NC(=O)c1nn(CCCC#N)c2ccccc12)C(=O)NC(CO)CO. The quantitative estimate of drug-likeness (QED) is 0.450. The molecule has 0 spiro atoms. The summed E-state index contributed by atoms with van der Waals surface area (Å²) in [6.07, 6.45) is 0.999. The molecule has 1 aromatic carbocycles. The van der Waals surface area contributed by atoms with Gasteiger partial charge in [-0.15, -0.1) is 0 Å². The Kier molecular flexibility index (Phi) is 7.92. The number of amides is 2. The molecule has 0 bridgehead atoms. The summed E-state index contributed by atoms with van der Waals surface area (Å²) >= 11 is 0. The van der Waals surface area contributed by atoms with Gasteiger partial charge in [0.05, 0.1) is 30.8 Å². The van der Waals surface area contributed by atoms with Crippen LogP contribution in [-0.2, 0) is 11.3 Å². The van der Waals surface area contributed by atoms with Crippen LogP contribution >= 0.6 is 0 Å². The minimum Gasteiger partial charge on any atom is -0.394 e. The van der Waals surface area contributed by atoms with Gasteiger partial charge in [0.15, 0.2) is 5.69 Å². The van der Waals surface area contributed by atoms with E-state index in [0.717, 1.165) is 5.52 Å². The Morgan fingerprint density at radius 2 is 1.87 bits per heavy atom. The lowest BCUT2D eigenvalue weighted by molar-refractivity contribution is -0.126. The Bertz CT molecular complexity index is 922. The number of rotatable bonds is 9. The van der Waals surface area contributed by atoms with E-state index in [1.165, 1.54) is 0 Å². The van der Waals surface area contributed by atoms with E-state index >= 15 is 0 Å². The van der Waals surface area contributed by atoms with Crippen LogP contribution in [0.25, 0.3) is 10.9 Å². The molecule has 1 heterocycles. The number of carbonyl (C=O) groups is 2. The molecule has 1 atom stereocenters. The molecule has 0 saturated heterocycles. The monoisotopic (exact) mass is 415 g/mol. The molecule has 162 valence electrons. The van der Waals surface area contributed by atoms with Crippen molar-refractivity contribution in [2.75, 3.05) is 13.2 Å².